The molecular weight excluding hydrogens is 512 g/mol. The summed E-state index contributed by atoms with van der Waals surface area (Å²) in [6, 6.07) is 11.1. The number of aliphatic hydroxyl groups is 2. The number of sulfonamides is 1. The van der Waals surface area contributed by atoms with Crippen molar-refractivity contribution in [1.82, 2.24) is 4.31 Å². The third-order valence-electron chi connectivity index (χ3n) is 5.14. The lowest BCUT2D eigenvalue weighted by atomic mass is 10.1. The van der Waals surface area contributed by atoms with Crippen LogP contribution in [0.2, 0.25) is 0 Å². The van der Waals surface area contributed by atoms with Crippen LogP contribution in [0.1, 0.15) is 5.56 Å². The number of β-amino-alcohol motifs (C(OH)–C–C–N with tert-alkyl or cyclic N) is 1. The van der Waals surface area contributed by atoms with Gasteiger partial charge in [-0.1, -0.05) is 0 Å². The Morgan fingerprint density at radius 2 is 1.87 bits per heavy atom. The first-order chi connectivity index (χ1) is 14.5. The zero-order valence-electron chi connectivity index (χ0n) is 16.3. The number of rotatable bonds is 6. The van der Waals surface area contributed by atoms with Crippen LogP contribution in [-0.4, -0.2) is 69.0 Å². The summed E-state index contributed by atoms with van der Waals surface area (Å²) in [7, 11) is -7.02. The molecule has 1 fully saturated rings. The molecule has 12 heteroatoms. The van der Waals surface area contributed by atoms with Gasteiger partial charge in [0.1, 0.15) is 16.6 Å². The summed E-state index contributed by atoms with van der Waals surface area (Å²) in [5.41, 5.74) is -1.96. The molecule has 2 aromatic rings. The van der Waals surface area contributed by atoms with E-state index in [0.29, 0.717) is 5.75 Å². The van der Waals surface area contributed by atoms with Gasteiger partial charge in [0.15, 0.2) is 9.84 Å². The highest BCUT2D eigenvalue weighted by Crippen LogP contribution is 2.36. The molecule has 9 nitrogen and oxygen atoms in total. The molecule has 2 N–H and O–H groups in total. The van der Waals surface area contributed by atoms with E-state index < -0.39 is 50.4 Å². The van der Waals surface area contributed by atoms with Crippen molar-refractivity contribution in [3.8, 4) is 11.8 Å². The summed E-state index contributed by atoms with van der Waals surface area (Å²) in [5, 5.41) is 27.9. The highest BCUT2D eigenvalue weighted by molar-refractivity contribution is 9.10. The molecule has 0 radical (unpaired) electrons. The number of hydrogen-bond acceptors (Lipinski definition) is 8. The number of hydrogen-bond donors (Lipinski definition) is 2. The Hall–Kier alpha value is -2.01. The SMILES string of the molecule is COc1ccc(S(=O)(=O)N2C[C@H](S(=O)(=O)c3ccc(C#N)cc3)[C@](O)(CO)C2)c(Br)c1. The molecular formula is C19H19BrN2O7S2. The number of nitriles is 1. The second kappa shape index (κ2) is 8.50. The molecule has 31 heavy (non-hydrogen) atoms. The van der Waals surface area contributed by atoms with Crippen molar-refractivity contribution in [2.75, 3.05) is 26.8 Å². The molecule has 1 heterocycles. The van der Waals surface area contributed by atoms with Crippen LogP contribution in [0.25, 0.3) is 0 Å². The van der Waals surface area contributed by atoms with Crippen LogP contribution in [0.3, 0.4) is 0 Å². The summed E-state index contributed by atoms with van der Waals surface area (Å²) in [4.78, 5) is -0.321. The Labute approximate surface area is 188 Å². The van der Waals surface area contributed by atoms with Gasteiger partial charge in [0.05, 0.1) is 35.1 Å². The number of benzene rings is 2. The van der Waals surface area contributed by atoms with Crippen molar-refractivity contribution >= 4 is 35.8 Å². The summed E-state index contributed by atoms with van der Waals surface area (Å²) in [5.74, 6) is 0.417. The average Bonchev–Trinajstić information content (AvgIpc) is 3.13. The smallest absolute Gasteiger partial charge is 0.244 e. The molecule has 0 aliphatic carbocycles. The maximum atomic E-state index is 13.2. The van der Waals surface area contributed by atoms with Gasteiger partial charge in [0.2, 0.25) is 10.0 Å². The predicted molar refractivity (Wildman–Crippen MR) is 114 cm³/mol. The Kier molecular flexibility index (Phi) is 6.48. The third kappa shape index (κ3) is 4.21. The summed E-state index contributed by atoms with van der Waals surface area (Å²) >= 11 is 3.18. The number of nitrogens with zero attached hydrogens (tertiary/aromatic N) is 2. The van der Waals surface area contributed by atoms with E-state index in [9.17, 15) is 27.0 Å². The van der Waals surface area contributed by atoms with Gasteiger partial charge in [-0.05, 0) is 58.4 Å². The van der Waals surface area contributed by atoms with Crippen molar-refractivity contribution < 1.29 is 31.8 Å². The predicted octanol–water partition coefficient (Wildman–Crippen LogP) is 0.900. The maximum absolute atomic E-state index is 13.2. The monoisotopic (exact) mass is 530 g/mol. The molecule has 3 rings (SSSR count). The molecule has 1 aliphatic rings. The Bertz CT molecular complexity index is 1240. The van der Waals surface area contributed by atoms with Crippen molar-refractivity contribution in [2.45, 2.75) is 20.6 Å². The van der Waals surface area contributed by atoms with Gasteiger partial charge in [-0.15, -0.1) is 0 Å². The maximum Gasteiger partial charge on any atom is 0.244 e. The van der Waals surface area contributed by atoms with Gasteiger partial charge < -0.3 is 14.9 Å². The zero-order chi connectivity index (χ0) is 23.0. The van der Waals surface area contributed by atoms with E-state index in [0.717, 1.165) is 4.31 Å². The van der Waals surface area contributed by atoms with Crippen LogP contribution < -0.4 is 4.74 Å². The first-order valence-electron chi connectivity index (χ1n) is 8.90. The van der Waals surface area contributed by atoms with E-state index in [1.807, 2.05) is 6.07 Å². The fraction of sp³-hybridized carbons (Fsp3) is 0.316. The third-order valence-corrected chi connectivity index (χ3v) is 10.2. The van der Waals surface area contributed by atoms with Crippen molar-refractivity contribution in [1.29, 1.82) is 5.26 Å². The normalized spacial score (nSPS) is 22.2. The lowest BCUT2D eigenvalue weighted by Gasteiger charge is -2.26. The lowest BCUT2D eigenvalue weighted by molar-refractivity contribution is 0.00160. The number of sulfone groups is 1. The Morgan fingerprint density at radius 3 is 2.39 bits per heavy atom. The van der Waals surface area contributed by atoms with Crippen LogP contribution in [-0.2, 0) is 19.9 Å². The summed E-state index contributed by atoms with van der Waals surface area (Å²) in [6.45, 7) is -2.12. The average molecular weight is 531 g/mol. The second-order valence-corrected chi connectivity index (χ2v) is 11.9. The quantitative estimate of drug-likeness (QED) is 0.560. The molecule has 2 aromatic carbocycles. The molecule has 0 unspecified atom stereocenters. The number of aliphatic hydroxyl groups excluding tert-OH is 1. The van der Waals surface area contributed by atoms with Crippen LogP contribution >= 0.6 is 15.9 Å². The van der Waals surface area contributed by atoms with E-state index in [-0.39, 0.29) is 19.8 Å². The van der Waals surface area contributed by atoms with E-state index in [4.69, 9.17) is 10.00 Å². The van der Waals surface area contributed by atoms with E-state index in [1.165, 1.54) is 49.6 Å². The largest absolute Gasteiger partial charge is 0.497 e. The first-order valence-corrected chi connectivity index (χ1v) is 12.7. The van der Waals surface area contributed by atoms with Crippen LogP contribution in [0.5, 0.6) is 5.75 Å². The van der Waals surface area contributed by atoms with Crippen LogP contribution in [0.4, 0.5) is 0 Å². The Morgan fingerprint density at radius 1 is 1.23 bits per heavy atom. The van der Waals surface area contributed by atoms with Gasteiger partial charge in [-0.25, -0.2) is 16.8 Å². The summed E-state index contributed by atoms with van der Waals surface area (Å²) in [6.07, 6.45) is 0. The van der Waals surface area contributed by atoms with Gasteiger partial charge in [-0.2, -0.15) is 9.57 Å². The van der Waals surface area contributed by atoms with Gasteiger partial charge >= 0.3 is 0 Å². The first kappa shape index (κ1) is 23.6. The highest BCUT2D eigenvalue weighted by atomic mass is 79.9. The molecule has 166 valence electrons. The molecule has 1 aliphatic heterocycles. The standard InChI is InChI=1S/C19H19BrN2O7S2/c1-29-14-4-7-17(16(20)8-14)31(27,28)22-10-18(19(24,11-22)12-23)30(25,26)15-5-2-13(9-21)3-6-15/h2-8,18,23-24H,10-12H2,1H3/t18-,19+/m0/s1. The van der Waals surface area contributed by atoms with Crippen molar-refractivity contribution in [2.24, 2.45) is 0 Å². The number of ether oxygens (including phenoxy) is 1. The lowest BCUT2D eigenvalue weighted by Crippen LogP contribution is -2.49. The van der Waals surface area contributed by atoms with Crippen LogP contribution in [0, 0.1) is 11.3 Å². The molecule has 0 spiro atoms. The second-order valence-electron chi connectivity index (χ2n) is 7.03. The minimum Gasteiger partial charge on any atom is -0.497 e. The zero-order valence-corrected chi connectivity index (χ0v) is 19.5. The van der Waals surface area contributed by atoms with Gasteiger partial charge in [0.25, 0.3) is 0 Å². The number of methoxy groups -OCH3 is 1. The minimum absolute atomic E-state index is 0.134. The van der Waals surface area contributed by atoms with Gasteiger partial charge in [0, 0.05) is 17.6 Å². The highest BCUT2D eigenvalue weighted by Gasteiger charge is 2.55. The molecule has 0 aromatic heterocycles. The molecule has 2 atom stereocenters. The van der Waals surface area contributed by atoms with Gasteiger partial charge in [-0.3, -0.25) is 0 Å². The van der Waals surface area contributed by atoms with Crippen LogP contribution in [0.15, 0.2) is 56.7 Å². The molecule has 0 bridgehead atoms. The number of halogens is 1. The molecule has 0 saturated carbocycles. The van der Waals surface area contributed by atoms with E-state index in [1.54, 1.807) is 0 Å². The van der Waals surface area contributed by atoms with E-state index in [2.05, 4.69) is 15.9 Å². The van der Waals surface area contributed by atoms with Crippen molar-refractivity contribution in [3.63, 3.8) is 0 Å². The minimum atomic E-state index is -4.24. The summed E-state index contributed by atoms with van der Waals surface area (Å²) < 4.78 is 58.8. The van der Waals surface area contributed by atoms with Crippen molar-refractivity contribution in [3.05, 3.63) is 52.5 Å². The topological polar surface area (TPSA) is 145 Å². The molecule has 0 amide bonds. The fourth-order valence-corrected chi connectivity index (χ4v) is 7.96. The van der Waals surface area contributed by atoms with E-state index >= 15 is 0 Å². The Balaban J connectivity index is 2.01. The molecule has 1 saturated heterocycles. The fourth-order valence-electron chi connectivity index (χ4n) is 3.39.